The van der Waals surface area contributed by atoms with Crippen LogP contribution in [0.3, 0.4) is 0 Å². The summed E-state index contributed by atoms with van der Waals surface area (Å²) in [5.74, 6) is 0.844. The number of fused-ring (bicyclic) bond motifs is 1. The van der Waals surface area contributed by atoms with E-state index in [4.69, 9.17) is 13.9 Å². The third-order valence-electron chi connectivity index (χ3n) is 3.60. The number of aromatic amines is 1. The van der Waals surface area contributed by atoms with Gasteiger partial charge in [0.15, 0.2) is 5.58 Å². The summed E-state index contributed by atoms with van der Waals surface area (Å²) in [4.78, 5) is 25.7. The number of carbonyl (C=O) groups excluding carboxylic acids is 1. The van der Waals surface area contributed by atoms with Crippen LogP contribution in [0.2, 0.25) is 0 Å². The molecule has 25 heavy (non-hydrogen) atoms. The molecule has 3 aromatic rings. The van der Waals surface area contributed by atoms with E-state index < -0.39 is 5.76 Å². The van der Waals surface area contributed by atoms with Crippen LogP contribution in [-0.4, -0.2) is 31.2 Å². The molecule has 0 spiro atoms. The first-order valence-corrected chi connectivity index (χ1v) is 7.79. The maximum Gasteiger partial charge on any atom is 0.417 e. The Morgan fingerprint density at radius 1 is 1.16 bits per heavy atom. The summed E-state index contributed by atoms with van der Waals surface area (Å²) in [6.07, 6.45) is 0.214. The van der Waals surface area contributed by atoms with Gasteiger partial charge in [-0.1, -0.05) is 6.07 Å². The van der Waals surface area contributed by atoms with Crippen LogP contribution >= 0.6 is 0 Å². The SMILES string of the molecule is COc1ccc(OCCNC(=O)Cc2ccc3oc(=O)[nH]c3c2)cc1. The number of amides is 1. The van der Waals surface area contributed by atoms with E-state index in [2.05, 4.69) is 10.3 Å². The van der Waals surface area contributed by atoms with Crippen LogP contribution in [0.25, 0.3) is 11.1 Å². The number of nitrogens with one attached hydrogen (secondary N) is 2. The van der Waals surface area contributed by atoms with Gasteiger partial charge in [0.2, 0.25) is 5.91 Å². The van der Waals surface area contributed by atoms with Crippen molar-refractivity contribution in [2.75, 3.05) is 20.3 Å². The Hall–Kier alpha value is -3.22. The quantitative estimate of drug-likeness (QED) is 0.639. The molecular formula is C18H18N2O5. The molecule has 0 atom stereocenters. The highest BCUT2D eigenvalue weighted by Crippen LogP contribution is 2.16. The molecule has 1 amide bonds. The lowest BCUT2D eigenvalue weighted by atomic mass is 10.1. The molecule has 0 saturated heterocycles. The summed E-state index contributed by atoms with van der Waals surface area (Å²) in [5, 5.41) is 2.79. The number of oxazole rings is 1. The van der Waals surface area contributed by atoms with Crippen molar-refractivity contribution in [3.05, 3.63) is 58.6 Å². The van der Waals surface area contributed by atoms with Crippen LogP contribution in [0, 0.1) is 0 Å². The van der Waals surface area contributed by atoms with Crippen LogP contribution in [0.4, 0.5) is 0 Å². The van der Waals surface area contributed by atoms with Gasteiger partial charge in [-0.2, -0.15) is 0 Å². The molecule has 2 aromatic carbocycles. The van der Waals surface area contributed by atoms with Gasteiger partial charge in [0.25, 0.3) is 0 Å². The summed E-state index contributed by atoms with van der Waals surface area (Å²) in [7, 11) is 1.60. The van der Waals surface area contributed by atoms with Crippen molar-refractivity contribution < 1.29 is 18.7 Å². The van der Waals surface area contributed by atoms with Gasteiger partial charge in [0, 0.05) is 0 Å². The summed E-state index contributed by atoms with van der Waals surface area (Å²) in [6.45, 7) is 0.766. The number of hydrogen-bond acceptors (Lipinski definition) is 5. The number of H-pyrrole nitrogens is 1. The first kappa shape index (κ1) is 16.6. The van der Waals surface area contributed by atoms with Crippen LogP contribution < -0.4 is 20.5 Å². The second-order valence-electron chi connectivity index (χ2n) is 5.40. The molecule has 1 aromatic heterocycles. The average molecular weight is 342 g/mol. The highest BCUT2D eigenvalue weighted by Gasteiger charge is 2.06. The number of carbonyl (C=O) groups is 1. The minimum atomic E-state index is -0.507. The monoisotopic (exact) mass is 342 g/mol. The summed E-state index contributed by atoms with van der Waals surface area (Å²) >= 11 is 0. The number of rotatable bonds is 7. The van der Waals surface area contributed by atoms with Crippen LogP contribution in [-0.2, 0) is 11.2 Å². The molecular weight excluding hydrogens is 324 g/mol. The number of aromatic nitrogens is 1. The Morgan fingerprint density at radius 2 is 1.92 bits per heavy atom. The maximum absolute atomic E-state index is 12.0. The van der Waals surface area contributed by atoms with E-state index in [1.165, 1.54) is 0 Å². The average Bonchev–Trinajstić information content (AvgIpc) is 2.98. The summed E-state index contributed by atoms with van der Waals surface area (Å²) in [5.41, 5.74) is 1.85. The molecule has 1 heterocycles. The van der Waals surface area contributed by atoms with E-state index in [9.17, 15) is 9.59 Å². The smallest absolute Gasteiger partial charge is 0.417 e. The third kappa shape index (κ3) is 4.41. The fourth-order valence-electron chi connectivity index (χ4n) is 2.39. The third-order valence-corrected chi connectivity index (χ3v) is 3.60. The van der Waals surface area contributed by atoms with Crippen molar-refractivity contribution in [1.82, 2.24) is 10.3 Å². The van der Waals surface area contributed by atoms with Crippen molar-refractivity contribution in [3.63, 3.8) is 0 Å². The van der Waals surface area contributed by atoms with Crippen molar-refractivity contribution in [1.29, 1.82) is 0 Å². The maximum atomic E-state index is 12.0. The fourth-order valence-corrected chi connectivity index (χ4v) is 2.39. The van der Waals surface area contributed by atoms with E-state index in [0.717, 1.165) is 11.3 Å². The molecule has 0 fully saturated rings. The second kappa shape index (κ2) is 7.57. The zero-order valence-electron chi connectivity index (χ0n) is 13.7. The van der Waals surface area contributed by atoms with E-state index in [0.29, 0.717) is 30.0 Å². The fraction of sp³-hybridized carbons (Fsp3) is 0.222. The van der Waals surface area contributed by atoms with Gasteiger partial charge >= 0.3 is 5.76 Å². The first-order valence-electron chi connectivity index (χ1n) is 7.79. The molecule has 2 N–H and O–H groups in total. The zero-order valence-corrected chi connectivity index (χ0v) is 13.7. The Kier molecular flexibility index (Phi) is 5.03. The second-order valence-corrected chi connectivity index (χ2v) is 5.40. The number of ether oxygens (including phenoxy) is 2. The Bertz CT molecular complexity index is 911. The van der Waals surface area contributed by atoms with Crippen molar-refractivity contribution in [2.45, 2.75) is 6.42 Å². The van der Waals surface area contributed by atoms with E-state index >= 15 is 0 Å². The van der Waals surface area contributed by atoms with Gasteiger partial charge in [-0.05, 0) is 42.0 Å². The van der Waals surface area contributed by atoms with E-state index in [1.54, 1.807) is 25.3 Å². The Balaban J connectivity index is 1.44. The van der Waals surface area contributed by atoms with Gasteiger partial charge in [-0.3, -0.25) is 9.78 Å². The normalized spacial score (nSPS) is 10.6. The molecule has 0 aliphatic carbocycles. The molecule has 0 aliphatic heterocycles. The Morgan fingerprint density at radius 3 is 2.68 bits per heavy atom. The highest BCUT2D eigenvalue weighted by atomic mass is 16.5. The highest BCUT2D eigenvalue weighted by molar-refractivity contribution is 5.80. The predicted molar refractivity (Wildman–Crippen MR) is 92.0 cm³/mol. The lowest BCUT2D eigenvalue weighted by molar-refractivity contribution is -0.120. The summed E-state index contributed by atoms with van der Waals surface area (Å²) < 4.78 is 15.5. The van der Waals surface area contributed by atoms with Gasteiger partial charge in [0.05, 0.1) is 25.6 Å². The topological polar surface area (TPSA) is 93.6 Å². The lowest BCUT2D eigenvalue weighted by Crippen LogP contribution is -2.29. The lowest BCUT2D eigenvalue weighted by Gasteiger charge is -2.08. The molecule has 0 aliphatic rings. The zero-order chi connectivity index (χ0) is 17.6. The van der Waals surface area contributed by atoms with E-state index in [1.807, 2.05) is 24.3 Å². The minimum absolute atomic E-state index is 0.122. The van der Waals surface area contributed by atoms with Crippen molar-refractivity contribution >= 4 is 17.0 Å². The van der Waals surface area contributed by atoms with Gasteiger partial charge in [-0.15, -0.1) is 0 Å². The number of methoxy groups -OCH3 is 1. The molecule has 0 unspecified atom stereocenters. The number of hydrogen-bond donors (Lipinski definition) is 2. The predicted octanol–water partition coefficient (Wildman–Crippen LogP) is 1.87. The molecule has 7 nitrogen and oxygen atoms in total. The molecule has 0 saturated carbocycles. The standard InChI is InChI=1S/C18H18N2O5/c1-23-13-3-5-14(6-4-13)24-9-8-19-17(21)11-12-2-7-16-15(10-12)20-18(22)25-16/h2-7,10H,8-9,11H2,1H3,(H,19,21)(H,20,22). The summed E-state index contributed by atoms with van der Waals surface area (Å²) in [6, 6.07) is 12.4. The van der Waals surface area contributed by atoms with Crippen molar-refractivity contribution in [3.8, 4) is 11.5 Å². The molecule has 130 valence electrons. The van der Waals surface area contributed by atoms with Gasteiger partial charge in [0.1, 0.15) is 18.1 Å². The molecule has 0 bridgehead atoms. The van der Waals surface area contributed by atoms with E-state index in [-0.39, 0.29) is 12.3 Å². The molecule has 0 radical (unpaired) electrons. The van der Waals surface area contributed by atoms with Crippen LogP contribution in [0.5, 0.6) is 11.5 Å². The van der Waals surface area contributed by atoms with Gasteiger partial charge < -0.3 is 19.2 Å². The molecule has 3 rings (SSSR count). The van der Waals surface area contributed by atoms with Crippen LogP contribution in [0.1, 0.15) is 5.56 Å². The van der Waals surface area contributed by atoms with Crippen molar-refractivity contribution in [2.24, 2.45) is 0 Å². The largest absolute Gasteiger partial charge is 0.497 e. The first-order chi connectivity index (χ1) is 12.1. The van der Waals surface area contributed by atoms with Crippen LogP contribution in [0.15, 0.2) is 51.7 Å². The van der Waals surface area contributed by atoms with Gasteiger partial charge in [-0.25, -0.2) is 4.79 Å². The minimum Gasteiger partial charge on any atom is -0.497 e. The molecule has 7 heteroatoms. The number of benzene rings is 2. The Labute approximate surface area is 143 Å².